The molecular weight excluding hydrogens is 589 g/mol. The van der Waals surface area contributed by atoms with E-state index < -0.39 is 19.4 Å². The molecule has 0 radical (unpaired) electrons. The van der Waals surface area contributed by atoms with Crippen molar-refractivity contribution >= 4 is 13.4 Å². The number of ether oxygens (including phenoxy) is 2. The van der Waals surface area contributed by atoms with Crippen LogP contribution < -0.4 is 11.4 Å². The van der Waals surface area contributed by atoms with Gasteiger partial charge in [0.1, 0.15) is 12.2 Å². The Labute approximate surface area is 272 Å². The van der Waals surface area contributed by atoms with Crippen LogP contribution >= 0.6 is 7.60 Å². The number of unbranched alkanes of at least 4 members (excludes halogenated alkanes) is 15. The Kier molecular flexibility index (Phi) is 21.8. The monoisotopic (exact) mass is 649 g/mol. The molecule has 0 fully saturated rings. The van der Waals surface area contributed by atoms with E-state index in [-0.39, 0.29) is 31.9 Å². The first kappa shape index (κ1) is 39.1. The average Bonchev–Trinajstić information content (AvgIpc) is 3.04. The van der Waals surface area contributed by atoms with Crippen LogP contribution in [0.3, 0.4) is 0 Å². The third kappa shape index (κ3) is 20.0. The zero-order valence-electron chi connectivity index (χ0n) is 28.0. The molecule has 1 heterocycles. The van der Waals surface area contributed by atoms with Gasteiger partial charge >= 0.3 is 13.3 Å². The molecule has 0 saturated carbocycles. The lowest BCUT2D eigenvalue weighted by Crippen LogP contribution is -2.29. The molecule has 256 valence electrons. The molecule has 0 saturated heterocycles. The molecule has 0 bridgehead atoms. The molecule has 9 nitrogen and oxygen atoms in total. The number of hydrogen-bond acceptors (Lipinski definition) is 8. The molecule has 2 rings (SSSR count). The van der Waals surface area contributed by atoms with Crippen LogP contribution in [0.1, 0.15) is 122 Å². The molecule has 2 N–H and O–H groups in total. The van der Waals surface area contributed by atoms with Gasteiger partial charge in [-0.05, 0) is 25.0 Å². The minimum absolute atomic E-state index is 0.136. The van der Waals surface area contributed by atoms with Gasteiger partial charge in [0.25, 0.3) is 0 Å². The van der Waals surface area contributed by atoms with E-state index in [1.54, 1.807) is 19.2 Å². The number of anilines is 1. The van der Waals surface area contributed by atoms with Crippen molar-refractivity contribution in [3.8, 4) is 0 Å². The van der Waals surface area contributed by atoms with Crippen molar-refractivity contribution < 1.29 is 23.1 Å². The molecule has 0 amide bonds. The Bertz CT molecular complexity index is 1100. The molecule has 45 heavy (non-hydrogen) atoms. The summed E-state index contributed by atoms with van der Waals surface area (Å²) in [5, 5.41) is 0. The molecule has 0 aliphatic carbocycles. The quantitative estimate of drug-likeness (QED) is 0.0686. The zero-order valence-corrected chi connectivity index (χ0v) is 28.9. The van der Waals surface area contributed by atoms with Gasteiger partial charge in [0, 0.05) is 12.8 Å². The maximum atomic E-state index is 13.5. The molecule has 2 unspecified atom stereocenters. The molecule has 1 aromatic heterocycles. The van der Waals surface area contributed by atoms with Crippen molar-refractivity contribution in [2.45, 2.75) is 136 Å². The van der Waals surface area contributed by atoms with Gasteiger partial charge in [-0.1, -0.05) is 134 Å². The fraction of sp³-hybridized carbons (Fsp3) is 0.714. The van der Waals surface area contributed by atoms with Crippen molar-refractivity contribution in [2.75, 3.05) is 31.9 Å². The van der Waals surface area contributed by atoms with Crippen LogP contribution in [-0.4, -0.2) is 41.8 Å². The number of benzene rings is 1. The first-order chi connectivity index (χ1) is 21.9. The van der Waals surface area contributed by atoms with Crippen molar-refractivity contribution in [3.05, 3.63) is 58.6 Å². The first-order valence-corrected chi connectivity index (χ1v) is 19.1. The van der Waals surface area contributed by atoms with E-state index in [9.17, 15) is 9.36 Å². The lowest BCUT2D eigenvalue weighted by molar-refractivity contribution is 0.0520. The van der Waals surface area contributed by atoms with Gasteiger partial charge in [0.2, 0.25) is 0 Å². The van der Waals surface area contributed by atoms with Gasteiger partial charge in [-0.15, -0.1) is 0 Å². The second kappa shape index (κ2) is 25.1. The van der Waals surface area contributed by atoms with Gasteiger partial charge < -0.3 is 24.3 Å². The summed E-state index contributed by atoms with van der Waals surface area (Å²) in [6, 6.07) is 11.0. The van der Waals surface area contributed by atoms with Gasteiger partial charge in [0.15, 0.2) is 0 Å². The largest absolute Gasteiger partial charge is 0.383 e. The average molecular weight is 650 g/mol. The number of nitrogen functional groups attached to an aromatic ring is 1. The molecular formula is C35H60N3O6P. The third-order valence-electron chi connectivity index (χ3n) is 7.80. The summed E-state index contributed by atoms with van der Waals surface area (Å²) in [6.07, 6.45) is 22.3. The summed E-state index contributed by atoms with van der Waals surface area (Å²) in [6.45, 7) is 5.56. The highest BCUT2D eigenvalue weighted by Gasteiger charge is 2.27. The van der Waals surface area contributed by atoms with Crippen LogP contribution in [0.4, 0.5) is 5.82 Å². The zero-order chi connectivity index (χ0) is 32.4. The van der Waals surface area contributed by atoms with Gasteiger partial charge in [-0.2, -0.15) is 4.98 Å². The highest BCUT2D eigenvalue weighted by atomic mass is 31.2. The van der Waals surface area contributed by atoms with E-state index in [4.69, 9.17) is 24.3 Å². The minimum Gasteiger partial charge on any atom is -0.383 e. The van der Waals surface area contributed by atoms with Crippen LogP contribution in [0, 0.1) is 0 Å². The number of rotatable bonds is 29. The van der Waals surface area contributed by atoms with Gasteiger partial charge in [-0.25, -0.2) is 4.79 Å². The maximum absolute atomic E-state index is 13.5. The molecule has 1 aromatic carbocycles. The summed E-state index contributed by atoms with van der Waals surface area (Å²) in [5.41, 5.74) is 5.98. The van der Waals surface area contributed by atoms with Crippen molar-refractivity contribution in [1.82, 2.24) is 9.55 Å². The second-order valence-corrected chi connectivity index (χ2v) is 14.0. The number of nitrogens with two attached hydrogens (primary N) is 1. The standard InChI is InChI=1S/C35H60N3O6P/c1-3-4-5-6-7-8-9-10-11-12-13-14-15-16-17-21-26-41-27-28-43-45(40,44-30-33-22-19-18-20-23-33)31-42-32(2)29-38-25-24-34(36)37-35(38)39/h18-20,22-25,32H,3-17,21,26-31H2,1-2H3,(H2,36,37,39). The summed E-state index contributed by atoms with van der Waals surface area (Å²) in [4.78, 5) is 15.8. The van der Waals surface area contributed by atoms with Gasteiger partial charge in [-0.3, -0.25) is 9.13 Å². The Balaban J connectivity index is 1.55. The maximum Gasteiger partial charge on any atom is 0.356 e. The first-order valence-electron chi connectivity index (χ1n) is 17.4. The fourth-order valence-corrected chi connectivity index (χ4v) is 6.44. The second-order valence-electron chi connectivity index (χ2n) is 12.0. The van der Waals surface area contributed by atoms with Crippen molar-refractivity contribution in [1.29, 1.82) is 0 Å². The van der Waals surface area contributed by atoms with Crippen molar-refractivity contribution in [2.24, 2.45) is 0 Å². The molecule has 2 aromatic rings. The smallest absolute Gasteiger partial charge is 0.356 e. The predicted octanol–water partition coefficient (Wildman–Crippen LogP) is 8.89. The van der Waals surface area contributed by atoms with E-state index in [0.717, 1.165) is 18.4 Å². The molecule has 2 atom stereocenters. The normalized spacial score (nSPS) is 13.6. The summed E-state index contributed by atoms with van der Waals surface area (Å²) >= 11 is 0. The Hall–Kier alpha value is -2.03. The predicted molar refractivity (Wildman–Crippen MR) is 183 cm³/mol. The number of nitrogens with zero attached hydrogens (tertiary/aromatic N) is 2. The SMILES string of the molecule is CCCCCCCCCCCCCCCCCCOCCOP(=O)(COC(C)Cn1ccc(N)nc1=O)OCc1ccccc1. The summed E-state index contributed by atoms with van der Waals surface area (Å²) in [7, 11) is -3.58. The van der Waals surface area contributed by atoms with Crippen LogP contribution in [0.5, 0.6) is 0 Å². The molecule has 0 spiro atoms. The molecule has 10 heteroatoms. The number of aromatic nitrogens is 2. The molecule has 0 aliphatic rings. The van der Waals surface area contributed by atoms with E-state index >= 15 is 0 Å². The highest BCUT2D eigenvalue weighted by Crippen LogP contribution is 2.49. The number of hydrogen-bond donors (Lipinski definition) is 1. The van der Waals surface area contributed by atoms with E-state index in [1.807, 2.05) is 30.3 Å². The fourth-order valence-electron chi connectivity index (χ4n) is 5.08. The summed E-state index contributed by atoms with van der Waals surface area (Å²) < 4.78 is 37.9. The molecule has 0 aliphatic heterocycles. The highest BCUT2D eigenvalue weighted by molar-refractivity contribution is 7.53. The van der Waals surface area contributed by atoms with E-state index in [0.29, 0.717) is 13.2 Å². The van der Waals surface area contributed by atoms with Gasteiger partial charge in [0.05, 0.1) is 32.5 Å². The van der Waals surface area contributed by atoms with Crippen molar-refractivity contribution in [3.63, 3.8) is 0 Å². The van der Waals surface area contributed by atoms with Crippen LogP contribution in [0.15, 0.2) is 47.4 Å². The van der Waals surface area contributed by atoms with Crippen LogP contribution in [0.25, 0.3) is 0 Å². The lowest BCUT2D eigenvalue weighted by Gasteiger charge is -2.21. The Morgan fingerprint density at radius 2 is 1.36 bits per heavy atom. The lowest BCUT2D eigenvalue weighted by atomic mass is 10.0. The van der Waals surface area contributed by atoms with E-state index in [2.05, 4.69) is 11.9 Å². The minimum atomic E-state index is -3.58. The third-order valence-corrected chi connectivity index (χ3v) is 9.36. The van der Waals surface area contributed by atoms with E-state index in [1.165, 1.54) is 94.5 Å². The summed E-state index contributed by atoms with van der Waals surface area (Å²) in [5.74, 6) is 0.161. The van der Waals surface area contributed by atoms with Crippen LogP contribution in [0.2, 0.25) is 0 Å². The Morgan fingerprint density at radius 3 is 1.93 bits per heavy atom. The topological polar surface area (TPSA) is 115 Å². The Morgan fingerprint density at radius 1 is 0.778 bits per heavy atom. The van der Waals surface area contributed by atoms with Crippen LogP contribution in [-0.2, 0) is 36.2 Å².